The number of fused-ring (bicyclic) bond motifs is 1. The molecule has 5 heteroatoms. The van der Waals surface area contributed by atoms with Gasteiger partial charge in [-0.3, -0.25) is 4.98 Å². The number of rotatable bonds is 4. The van der Waals surface area contributed by atoms with Crippen LogP contribution >= 0.6 is 0 Å². The maximum Gasteiger partial charge on any atom is 0.187 e. The Morgan fingerprint density at radius 2 is 1.79 bits per heavy atom. The number of allylic oxidation sites excluding steroid dienone is 2. The Labute approximate surface area is 164 Å². The molecule has 1 N–H and O–H groups in total. The van der Waals surface area contributed by atoms with Gasteiger partial charge in [0.2, 0.25) is 0 Å². The van der Waals surface area contributed by atoms with Gasteiger partial charge in [-0.2, -0.15) is 0 Å². The zero-order valence-corrected chi connectivity index (χ0v) is 16.0. The summed E-state index contributed by atoms with van der Waals surface area (Å²) in [4.78, 5) is 13.1. The van der Waals surface area contributed by atoms with E-state index in [1.54, 1.807) is 13.4 Å². The summed E-state index contributed by atoms with van der Waals surface area (Å²) in [5.41, 5.74) is 3.93. The van der Waals surface area contributed by atoms with Crippen molar-refractivity contribution in [3.05, 3.63) is 76.8 Å². The number of ether oxygens (including phenoxy) is 1. The number of anilines is 1. The molecule has 28 heavy (non-hydrogen) atoms. The Morgan fingerprint density at radius 1 is 0.964 bits per heavy atom. The lowest BCUT2D eigenvalue weighted by Crippen LogP contribution is -2.26. The Balaban J connectivity index is 1.74. The summed E-state index contributed by atoms with van der Waals surface area (Å²) < 4.78 is 5.68. The second kappa shape index (κ2) is 8.05. The number of hydrogen-bond acceptors (Lipinski definition) is 5. The van der Waals surface area contributed by atoms with Crippen LogP contribution in [0.2, 0.25) is 0 Å². The van der Waals surface area contributed by atoms with E-state index in [0.29, 0.717) is 11.6 Å². The number of nitrogens with zero attached hydrogens (tertiary/aromatic N) is 3. The van der Waals surface area contributed by atoms with E-state index in [0.717, 1.165) is 35.0 Å². The smallest absolute Gasteiger partial charge is 0.187 e. The zero-order chi connectivity index (χ0) is 19.3. The quantitative estimate of drug-likeness (QED) is 0.764. The molecule has 2 aromatic heterocycles. The van der Waals surface area contributed by atoms with E-state index >= 15 is 0 Å². The summed E-state index contributed by atoms with van der Waals surface area (Å²) in [5, 5.41) is 5.69. The van der Waals surface area contributed by atoms with Crippen molar-refractivity contribution in [3.8, 4) is 17.0 Å². The van der Waals surface area contributed by atoms with Crippen LogP contribution in [0.1, 0.15) is 18.4 Å². The van der Waals surface area contributed by atoms with E-state index in [1.165, 1.54) is 10.8 Å². The zero-order valence-electron chi connectivity index (χ0n) is 16.0. The van der Waals surface area contributed by atoms with Crippen LogP contribution in [0.4, 0.5) is 5.82 Å². The number of nitrogens with one attached hydrogen (secondary N) is 1. The fourth-order valence-electron chi connectivity index (χ4n) is 3.23. The van der Waals surface area contributed by atoms with Crippen LogP contribution in [-0.2, 0) is 0 Å². The van der Waals surface area contributed by atoms with E-state index < -0.39 is 0 Å². The fourth-order valence-corrected chi connectivity index (χ4v) is 3.23. The van der Waals surface area contributed by atoms with Gasteiger partial charge in [0.05, 0.1) is 7.11 Å². The second-order valence-corrected chi connectivity index (χ2v) is 6.69. The van der Waals surface area contributed by atoms with E-state index in [2.05, 4.69) is 57.6 Å². The SMILES string of the molecule is COc1c(NC2=C/CCC=c3ccnc\c3=C\2)ncnc1-c1ccc(C)cc1. The lowest BCUT2D eigenvalue weighted by atomic mass is 10.1. The normalized spacial score (nSPS) is 16.2. The first-order chi connectivity index (χ1) is 13.7. The standard InChI is InChI=1S/C23H22N4O/c1-16-7-9-18(10-8-16)21-22(28-2)23(26-15-25-21)27-20-6-4-3-5-17-11-12-24-14-19(17)13-20/h5-15H,3-4H2,1-2H3,(H,25,26,27)/b17-5?,19-13-,20-6+. The Hall–Kier alpha value is -3.47. The van der Waals surface area contributed by atoms with Crippen LogP contribution in [0.5, 0.6) is 5.75 Å². The van der Waals surface area contributed by atoms with Crippen molar-refractivity contribution < 1.29 is 4.74 Å². The number of hydrogen-bond donors (Lipinski definition) is 1. The van der Waals surface area contributed by atoms with Crippen molar-refractivity contribution >= 4 is 18.0 Å². The molecular weight excluding hydrogens is 348 g/mol. The number of aryl methyl sites for hydroxylation is 1. The number of pyridine rings is 1. The number of methoxy groups -OCH3 is 1. The van der Waals surface area contributed by atoms with Crippen LogP contribution in [0.3, 0.4) is 0 Å². The van der Waals surface area contributed by atoms with Crippen molar-refractivity contribution in [1.82, 2.24) is 15.0 Å². The molecular formula is C23H22N4O. The first-order valence-electron chi connectivity index (χ1n) is 9.30. The first-order valence-corrected chi connectivity index (χ1v) is 9.30. The highest BCUT2D eigenvalue weighted by Crippen LogP contribution is 2.33. The van der Waals surface area contributed by atoms with Gasteiger partial charge in [0.15, 0.2) is 11.6 Å². The number of aromatic nitrogens is 3. The summed E-state index contributed by atoms with van der Waals surface area (Å²) in [7, 11) is 1.64. The predicted octanol–water partition coefficient (Wildman–Crippen LogP) is 3.21. The molecule has 1 aliphatic carbocycles. The van der Waals surface area contributed by atoms with Gasteiger partial charge < -0.3 is 10.1 Å². The highest BCUT2D eigenvalue weighted by molar-refractivity contribution is 5.74. The second-order valence-electron chi connectivity index (χ2n) is 6.69. The lowest BCUT2D eigenvalue weighted by Gasteiger charge is -2.14. The summed E-state index contributed by atoms with van der Waals surface area (Å²) >= 11 is 0. The Bertz CT molecular complexity index is 1130. The van der Waals surface area contributed by atoms with Gasteiger partial charge >= 0.3 is 0 Å². The van der Waals surface area contributed by atoms with Crippen molar-refractivity contribution in [1.29, 1.82) is 0 Å². The molecule has 1 aromatic carbocycles. The third-order valence-corrected chi connectivity index (χ3v) is 4.69. The Morgan fingerprint density at radius 3 is 2.61 bits per heavy atom. The van der Waals surface area contributed by atoms with Gasteiger partial charge in [-0.05, 0) is 37.1 Å². The molecule has 0 atom stereocenters. The van der Waals surface area contributed by atoms with Gasteiger partial charge in [-0.15, -0.1) is 0 Å². The minimum Gasteiger partial charge on any atom is -0.491 e. The van der Waals surface area contributed by atoms with Crippen LogP contribution in [0.15, 0.2) is 60.8 Å². The summed E-state index contributed by atoms with van der Waals surface area (Å²) in [5.74, 6) is 1.27. The van der Waals surface area contributed by atoms with Crippen molar-refractivity contribution in [3.63, 3.8) is 0 Å². The van der Waals surface area contributed by atoms with Crippen molar-refractivity contribution in [2.24, 2.45) is 0 Å². The van der Waals surface area contributed by atoms with Crippen LogP contribution in [0.25, 0.3) is 23.4 Å². The van der Waals surface area contributed by atoms with E-state index in [9.17, 15) is 0 Å². The van der Waals surface area contributed by atoms with Crippen LogP contribution < -0.4 is 20.5 Å². The summed E-state index contributed by atoms with van der Waals surface area (Å²) in [6.45, 7) is 2.06. The van der Waals surface area contributed by atoms with E-state index in [4.69, 9.17) is 4.74 Å². The van der Waals surface area contributed by atoms with Gasteiger partial charge in [0.1, 0.15) is 12.0 Å². The molecule has 0 radical (unpaired) electrons. The molecule has 3 aromatic rings. The van der Waals surface area contributed by atoms with Crippen molar-refractivity contribution in [2.75, 3.05) is 12.4 Å². The minimum atomic E-state index is 0.626. The highest BCUT2D eigenvalue weighted by atomic mass is 16.5. The van der Waals surface area contributed by atoms with Crippen molar-refractivity contribution in [2.45, 2.75) is 19.8 Å². The first kappa shape index (κ1) is 17.9. The van der Waals surface area contributed by atoms with Crippen LogP contribution in [-0.4, -0.2) is 22.1 Å². The molecule has 0 bridgehead atoms. The molecule has 5 nitrogen and oxygen atoms in total. The number of benzene rings is 1. The molecule has 0 saturated carbocycles. The molecule has 2 heterocycles. The average Bonchev–Trinajstić information content (AvgIpc) is 2.70. The molecule has 1 aliphatic rings. The van der Waals surface area contributed by atoms with Gasteiger partial charge in [-0.25, -0.2) is 9.97 Å². The lowest BCUT2D eigenvalue weighted by molar-refractivity contribution is 0.415. The molecule has 0 spiro atoms. The van der Waals surface area contributed by atoms with Gasteiger partial charge in [0.25, 0.3) is 0 Å². The molecule has 0 aliphatic heterocycles. The molecule has 0 saturated heterocycles. The topological polar surface area (TPSA) is 59.9 Å². The minimum absolute atomic E-state index is 0.626. The van der Waals surface area contributed by atoms with E-state index in [1.807, 2.05) is 30.6 Å². The molecule has 140 valence electrons. The average molecular weight is 370 g/mol. The third-order valence-electron chi connectivity index (χ3n) is 4.69. The van der Waals surface area contributed by atoms with Gasteiger partial charge in [0, 0.05) is 28.9 Å². The van der Waals surface area contributed by atoms with Crippen LogP contribution in [0, 0.1) is 6.92 Å². The van der Waals surface area contributed by atoms with E-state index in [-0.39, 0.29) is 0 Å². The maximum absolute atomic E-state index is 5.68. The molecule has 4 rings (SSSR count). The largest absolute Gasteiger partial charge is 0.491 e. The highest BCUT2D eigenvalue weighted by Gasteiger charge is 2.14. The molecule has 0 unspecified atom stereocenters. The monoisotopic (exact) mass is 370 g/mol. The summed E-state index contributed by atoms with van der Waals surface area (Å²) in [6, 6.07) is 10.3. The summed E-state index contributed by atoms with van der Waals surface area (Å²) in [6.07, 6.45) is 13.7. The molecule has 0 amide bonds. The predicted molar refractivity (Wildman–Crippen MR) is 112 cm³/mol. The Kier molecular flexibility index (Phi) is 5.15. The fraction of sp³-hybridized carbons (Fsp3) is 0.174. The molecule has 0 fully saturated rings. The third kappa shape index (κ3) is 3.78. The van der Waals surface area contributed by atoms with Gasteiger partial charge in [-0.1, -0.05) is 42.0 Å². The maximum atomic E-state index is 5.68.